The van der Waals surface area contributed by atoms with E-state index in [0.29, 0.717) is 6.42 Å². The number of carbonyl (C=O) groups excluding carboxylic acids is 2. The van der Waals surface area contributed by atoms with E-state index in [1.807, 2.05) is 12.2 Å². The average molecular weight is 561 g/mol. The average Bonchev–Trinajstić information content (AvgIpc) is 2.94. The van der Waals surface area contributed by atoms with Crippen LogP contribution in [0.25, 0.3) is 0 Å². The number of aliphatic hydroxyl groups excluding tert-OH is 4. The van der Waals surface area contributed by atoms with Gasteiger partial charge in [0.05, 0.1) is 6.61 Å². The first kappa shape index (κ1) is 35.2. The van der Waals surface area contributed by atoms with Gasteiger partial charge in [0.2, 0.25) is 11.8 Å². The van der Waals surface area contributed by atoms with Crippen LogP contribution in [0.3, 0.4) is 0 Å². The highest BCUT2D eigenvalue weighted by Gasteiger charge is 2.44. The number of allylic oxidation sites excluding steroid dienone is 12. The molecule has 1 rings (SSSR count). The van der Waals surface area contributed by atoms with Crippen molar-refractivity contribution in [3.05, 3.63) is 72.9 Å². The molecule has 1 heterocycles. The largest absolute Gasteiger partial charge is 0.394 e. The summed E-state index contributed by atoms with van der Waals surface area (Å²) in [6.07, 6.45) is 25.9. The third-order valence-electron chi connectivity index (χ3n) is 6.11. The number of hydrogen-bond acceptors (Lipinski definition) is 7. The van der Waals surface area contributed by atoms with Gasteiger partial charge in [-0.15, -0.1) is 0 Å². The van der Waals surface area contributed by atoms with Crippen molar-refractivity contribution in [1.82, 2.24) is 10.6 Å². The fourth-order valence-corrected chi connectivity index (χ4v) is 3.78. The molecule has 9 heteroatoms. The van der Waals surface area contributed by atoms with E-state index in [0.717, 1.165) is 38.5 Å². The van der Waals surface area contributed by atoms with Crippen LogP contribution in [0.1, 0.15) is 65.2 Å². The molecule has 2 amide bonds. The van der Waals surface area contributed by atoms with Crippen LogP contribution in [0.2, 0.25) is 0 Å². The lowest BCUT2D eigenvalue weighted by molar-refractivity contribution is -0.253. The van der Waals surface area contributed by atoms with Crippen molar-refractivity contribution >= 4 is 11.8 Å². The van der Waals surface area contributed by atoms with Crippen LogP contribution >= 0.6 is 0 Å². The number of aliphatic hydroxyl groups is 4. The highest BCUT2D eigenvalue weighted by molar-refractivity contribution is 5.87. The summed E-state index contributed by atoms with van der Waals surface area (Å²) in [4.78, 5) is 24.5. The minimum absolute atomic E-state index is 0.203. The molecule has 40 heavy (non-hydrogen) atoms. The molecular weight excluding hydrogens is 512 g/mol. The van der Waals surface area contributed by atoms with Crippen LogP contribution in [0.5, 0.6) is 0 Å². The van der Waals surface area contributed by atoms with Gasteiger partial charge in [0.15, 0.2) is 6.29 Å². The van der Waals surface area contributed by atoms with Gasteiger partial charge < -0.3 is 35.8 Å². The van der Waals surface area contributed by atoms with Gasteiger partial charge in [0.1, 0.15) is 30.4 Å². The van der Waals surface area contributed by atoms with E-state index >= 15 is 0 Å². The summed E-state index contributed by atoms with van der Waals surface area (Å²) >= 11 is 0. The second-order valence-corrected chi connectivity index (χ2v) is 9.51. The van der Waals surface area contributed by atoms with Gasteiger partial charge in [-0.25, -0.2) is 0 Å². The minimum Gasteiger partial charge on any atom is -0.394 e. The van der Waals surface area contributed by atoms with Crippen LogP contribution in [-0.2, 0) is 14.3 Å². The van der Waals surface area contributed by atoms with Crippen LogP contribution in [-0.4, -0.2) is 75.5 Å². The van der Waals surface area contributed by atoms with E-state index in [1.165, 1.54) is 6.92 Å². The molecule has 1 aliphatic rings. The van der Waals surface area contributed by atoms with E-state index in [1.54, 1.807) is 0 Å². The normalized spacial score (nSPS) is 24.8. The Morgan fingerprint density at radius 2 is 1.25 bits per heavy atom. The van der Waals surface area contributed by atoms with E-state index in [-0.39, 0.29) is 12.3 Å². The molecule has 0 aromatic heterocycles. The Balaban J connectivity index is 2.16. The SMILES string of the molecule is CC/C=C\C/C=C\C/C=C\C/C=C\C/C=C\C/C=C\CCC(=O)N[C@@H](C)C(=O)NC1C(O)[C@H](O)C(CO)O[C@H]1O. The second kappa shape index (κ2) is 21.9. The fraction of sp³-hybridized carbons (Fsp3) is 0.548. The summed E-state index contributed by atoms with van der Waals surface area (Å²) in [7, 11) is 0. The molecule has 224 valence electrons. The van der Waals surface area contributed by atoms with E-state index < -0.39 is 49.2 Å². The highest BCUT2D eigenvalue weighted by atomic mass is 16.6. The third-order valence-corrected chi connectivity index (χ3v) is 6.11. The van der Waals surface area contributed by atoms with Crippen molar-refractivity contribution in [1.29, 1.82) is 0 Å². The number of rotatable bonds is 18. The van der Waals surface area contributed by atoms with Gasteiger partial charge in [0.25, 0.3) is 0 Å². The highest BCUT2D eigenvalue weighted by Crippen LogP contribution is 2.19. The van der Waals surface area contributed by atoms with Crippen molar-refractivity contribution in [2.75, 3.05) is 6.61 Å². The first-order valence-electron chi connectivity index (χ1n) is 14.1. The van der Waals surface area contributed by atoms with Crippen molar-refractivity contribution < 1.29 is 34.8 Å². The van der Waals surface area contributed by atoms with Gasteiger partial charge in [-0.05, 0) is 51.9 Å². The van der Waals surface area contributed by atoms with Crippen LogP contribution < -0.4 is 10.6 Å². The summed E-state index contributed by atoms with van der Waals surface area (Å²) in [5.41, 5.74) is 0. The molecule has 0 aromatic rings. The van der Waals surface area contributed by atoms with E-state index in [4.69, 9.17) is 9.84 Å². The Kier molecular flexibility index (Phi) is 19.3. The Morgan fingerprint density at radius 3 is 1.73 bits per heavy atom. The lowest BCUT2D eigenvalue weighted by Crippen LogP contribution is -2.65. The number of carbonyl (C=O) groups is 2. The van der Waals surface area contributed by atoms with Crippen LogP contribution in [0.15, 0.2) is 72.9 Å². The number of amides is 2. The zero-order valence-corrected chi connectivity index (χ0v) is 23.8. The molecule has 0 aromatic carbocycles. The molecule has 9 nitrogen and oxygen atoms in total. The Morgan fingerprint density at radius 1 is 0.775 bits per heavy atom. The van der Waals surface area contributed by atoms with Gasteiger partial charge in [-0.2, -0.15) is 0 Å². The standard InChI is InChI=1S/C31H48N2O7/c1-3-4-5-6-7-8-9-10-11-12-13-14-15-16-17-18-19-20-21-22-26(35)32-24(2)30(38)33-27-29(37)28(36)25(23-34)40-31(27)39/h4-5,7-8,10-11,13-14,16-17,19-20,24-25,27-29,31,34,36-37,39H,3,6,9,12,15,18,21-23H2,1-2H3,(H,32,35)(H,33,38)/b5-4-,8-7-,11-10-,14-13-,17-16-,20-19-/t24-,25?,27?,28+,29?,31+/m0/s1. The van der Waals surface area contributed by atoms with Crippen molar-refractivity contribution in [2.24, 2.45) is 0 Å². The molecule has 0 bridgehead atoms. The molecule has 0 saturated carbocycles. The molecule has 1 saturated heterocycles. The van der Waals surface area contributed by atoms with Crippen molar-refractivity contribution in [3.63, 3.8) is 0 Å². The maximum absolute atomic E-state index is 12.4. The molecule has 0 aliphatic carbocycles. The molecule has 6 atom stereocenters. The Bertz CT molecular complexity index is 894. The topological polar surface area (TPSA) is 148 Å². The van der Waals surface area contributed by atoms with Gasteiger partial charge in [-0.3, -0.25) is 9.59 Å². The predicted octanol–water partition coefficient (Wildman–Crippen LogP) is 2.89. The summed E-state index contributed by atoms with van der Waals surface area (Å²) in [5.74, 6) is -0.966. The maximum atomic E-state index is 12.4. The lowest BCUT2D eigenvalue weighted by atomic mass is 9.97. The maximum Gasteiger partial charge on any atom is 0.242 e. The summed E-state index contributed by atoms with van der Waals surface area (Å²) in [6, 6.07) is -2.23. The van der Waals surface area contributed by atoms with Crippen LogP contribution in [0.4, 0.5) is 0 Å². The predicted molar refractivity (Wildman–Crippen MR) is 157 cm³/mol. The monoisotopic (exact) mass is 560 g/mol. The molecule has 1 fully saturated rings. The molecule has 6 N–H and O–H groups in total. The van der Waals surface area contributed by atoms with Crippen LogP contribution in [0, 0.1) is 0 Å². The minimum atomic E-state index is -1.62. The molecule has 0 radical (unpaired) electrons. The zero-order valence-electron chi connectivity index (χ0n) is 23.8. The Hall–Kier alpha value is -2.82. The van der Waals surface area contributed by atoms with Gasteiger partial charge in [-0.1, -0.05) is 79.8 Å². The quantitative estimate of drug-likeness (QED) is 0.141. The number of ether oxygens (including phenoxy) is 1. The number of nitrogens with one attached hydrogen (secondary N) is 2. The zero-order chi connectivity index (χ0) is 29.6. The van der Waals surface area contributed by atoms with Gasteiger partial charge >= 0.3 is 0 Å². The molecule has 0 spiro atoms. The summed E-state index contributed by atoms with van der Waals surface area (Å²) in [5, 5.41) is 44.1. The summed E-state index contributed by atoms with van der Waals surface area (Å²) < 4.78 is 5.01. The van der Waals surface area contributed by atoms with Gasteiger partial charge in [0, 0.05) is 6.42 Å². The van der Waals surface area contributed by atoms with Crippen molar-refractivity contribution in [2.45, 2.75) is 102 Å². The third kappa shape index (κ3) is 15.1. The molecule has 3 unspecified atom stereocenters. The fourth-order valence-electron chi connectivity index (χ4n) is 3.78. The second-order valence-electron chi connectivity index (χ2n) is 9.51. The lowest BCUT2D eigenvalue weighted by Gasteiger charge is -2.40. The summed E-state index contributed by atoms with van der Waals surface area (Å²) in [6.45, 7) is 3.01. The van der Waals surface area contributed by atoms with Crippen molar-refractivity contribution in [3.8, 4) is 0 Å². The molecule has 1 aliphatic heterocycles. The first-order valence-corrected chi connectivity index (χ1v) is 14.1. The smallest absolute Gasteiger partial charge is 0.242 e. The first-order chi connectivity index (χ1) is 19.3. The Labute approximate surface area is 238 Å². The number of hydrogen-bond donors (Lipinski definition) is 6. The van der Waals surface area contributed by atoms with E-state index in [2.05, 4.69) is 78.3 Å². The molecular formula is C31H48N2O7. The van der Waals surface area contributed by atoms with E-state index in [9.17, 15) is 24.9 Å².